The molecule has 0 aliphatic carbocycles. The molecule has 0 bridgehead atoms. The molecule has 3 rings (SSSR count). The Hall–Kier alpha value is -3.32. The highest BCUT2D eigenvalue weighted by Crippen LogP contribution is 2.14. The Labute approximate surface area is 138 Å². The molecule has 0 atom stereocenters. The van der Waals surface area contributed by atoms with Gasteiger partial charge in [0.05, 0.1) is 6.61 Å². The van der Waals surface area contributed by atoms with Crippen molar-refractivity contribution in [2.24, 2.45) is 0 Å². The molecule has 120 valence electrons. The van der Waals surface area contributed by atoms with Crippen molar-refractivity contribution in [3.05, 3.63) is 72.3 Å². The molecule has 0 radical (unpaired) electrons. The molecule has 3 N–H and O–H groups in total. The summed E-state index contributed by atoms with van der Waals surface area (Å²) in [5.74, 6) is -0.0387. The van der Waals surface area contributed by atoms with Gasteiger partial charge >= 0.3 is 0 Å². The summed E-state index contributed by atoms with van der Waals surface area (Å²) in [6.45, 7) is -0.0861. The number of carbonyl (C=O) groups excluding carboxylic acids is 1. The van der Waals surface area contributed by atoms with Crippen molar-refractivity contribution >= 4 is 23.2 Å². The average Bonchev–Trinajstić information content (AvgIpc) is 2.63. The normalized spacial score (nSPS) is 10.2. The van der Waals surface area contributed by atoms with Crippen LogP contribution in [0.15, 0.2) is 61.1 Å². The Kier molecular flexibility index (Phi) is 4.73. The lowest BCUT2D eigenvalue weighted by atomic mass is 10.2. The molecule has 1 amide bonds. The number of nitrogens with one attached hydrogen (secondary N) is 2. The molecule has 0 aliphatic rings. The first-order chi connectivity index (χ1) is 11.7. The van der Waals surface area contributed by atoms with E-state index in [1.54, 1.807) is 48.8 Å². The zero-order valence-corrected chi connectivity index (χ0v) is 12.7. The van der Waals surface area contributed by atoms with E-state index in [-0.39, 0.29) is 18.2 Å². The van der Waals surface area contributed by atoms with Crippen LogP contribution in [0.25, 0.3) is 0 Å². The van der Waals surface area contributed by atoms with Gasteiger partial charge in [-0.25, -0.2) is 9.97 Å². The molecule has 0 unspecified atom stereocenters. The summed E-state index contributed by atoms with van der Waals surface area (Å²) in [5.41, 5.74) is 2.32. The van der Waals surface area contributed by atoms with Gasteiger partial charge in [0.25, 0.3) is 5.91 Å². The van der Waals surface area contributed by atoms with E-state index in [0.717, 1.165) is 11.3 Å². The standard InChI is InChI=1S/C17H15N5O2/c23-11-12-2-1-3-14(10-12)20-16(24)15-6-9-19-17(22-15)21-13-4-7-18-8-5-13/h1-10,23H,11H2,(H,20,24)(H,18,19,21,22). The third kappa shape index (κ3) is 3.90. The molecular weight excluding hydrogens is 306 g/mol. The second-order valence-electron chi connectivity index (χ2n) is 4.94. The highest BCUT2D eigenvalue weighted by atomic mass is 16.3. The van der Waals surface area contributed by atoms with Crippen LogP contribution >= 0.6 is 0 Å². The topological polar surface area (TPSA) is 100 Å². The van der Waals surface area contributed by atoms with Crippen LogP contribution in [-0.4, -0.2) is 26.0 Å². The van der Waals surface area contributed by atoms with E-state index in [4.69, 9.17) is 5.11 Å². The highest BCUT2D eigenvalue weighted by Gasteiger charge is 2.09. The molecule has 0 saturated heterocycles. The van der Waals surface area contributed by atoms with E-state index in [2.05, 4.69) is 25.6 Å². The fraction of sp³-hybridized carbons (Fsp3) is 0.0588. The van der Waals surface area contributed by atoms with E-state index in [1.165, 1.54) is 12.3 Å². The Morgan fingerprint density at radius 3 is 2.67 bits per heavy atom. The molecule has 7 heteroatoms. The van der Waals surface area contributed by atoms with Gasteiger partial charge in [-0.1, -0.05) is 12.1 Å². The molecular formula is C17H15N5O2. The second kappa shape index (κ2) is 7.30. The zero-order chi connectivity index (χ0) is 16.8. The van der Waals surface area contributed by atoms with Crippen molar-refractivity contribution in [1.82, 2.24) is 15.0 Å². The number of rotatable bonds is 5. The lowest BCUT2D eigenvalue weighted by molar-refractivity contribution is 0.102. The number of carbonyl (C=O) groups is 1. The summed E-state index contributed by atoms with van der Waals surface area (Å²) in [5, 5.41) is 14.9. The molecule has 0 spiro atoms. The first-order valence-electron chi connectivity index (χ1n) is 7.26. The van der Waals surface area contributed by atoms with Crippen LogP contribution in [0.4, 0.5) is 17.3 Å². The van der Waals surface area contributed by atoms with Crippen molar-refractivity contribution in [3.8, 4) is 0 Å². The monoisotopic (exact) mass is 321 g/mol. The molecule has 0 fully saturated rings. The minimum atomic E-state index is -0.356. The number of aromatic nitrogens is 3. The Bertz CT molecular complexity index is 839. The highest BCUT2D eigenvalue weighted by molar-refractivity contribution is 6.03. The number of hydrogen-bond acceptors (Lipinski definition) is 6. The van der Waals surface area contributed by atoms with E-state index >= 15 is 0 Å². The van der Waals surface area contributed by atoms with Gasteiger partial charge in [-0.3, -0.25) is 9.78 Å². The fourth-order valence-corrected chi connectivity index (χ4v) is 2.05. The van der Waals surface area contributed by atoms with E-state index < -0.39 is 0 Å². The Morgan fingerprint density at radius 1 is 1.04 bits per heavy atom. The Balaban J connectivity index is 1.74. The number of pyridine rings is 1. The molecule has 24 heavy (non-hydrogen) atoms. The lowest BCUT2D eigenvalue weighted by Gasteiger charge is -2.08. The quantitative estimate of drug-likeness (QED) is 0.667. The number of benzene rings is 1. The second-order valence-corrected chi connectivity index (χ2v) is 4.94. The van der Waals surface area contributed by atoms with E-state index in [0.29, 0.717) is 11.6 Å². The van der Waals surface area contributed by atoms with E-state index in [9.17, 15) is 4.79 Å². The van der Waals surface area contributed by atoms with Crippen LogP contribution in [-0.2, 0) is 6.61 Å². The van der Waals surface area contributed by atoms with Crippen LogP contribution in [0.2, 0.25) is 0 Å². The number of aliphatic hydroxyl groups excluding tert-OH is 1. The largest absolute Gasteiger partial charge is 0.392 e. The number of aliphatic hydroxyl groups is 1. The minimum Gasteiger partial charge on any atom is -0.392 e. The van der Waals surface area contributed by atoms with E-state index in [1.807, 2.05) is 0 Å². The molecule has 0 aliphatic heterocycles. The van der Waals surface area contributed by atoms with Gasteiger partial charge in [-0.2, -0.15) is 0 Å². The van der Waals surface area contributed by atoms with Crippen molar-refractivity contribution < 1.29 is 9.90 Å². The van der Waals surface area contributed by atoms with Crippen LogP contribution in [0.1, 0.15) is 16.1 Å². The predicted molar refractivity (Wildman–Crippen MR) is 89.9 cm³/mol. The van der Waals surface area contributed by atoms with Gasteiger partial charge in [-0.15, -0.1) is 0 Å². The average molecular weight is 321 g/mol. The fourth-order valence-electron chi connectivity index (χ4n) is 2.05. The third-order valence-corrected chi connectivity index (χ3v) is 3.19. The number of hydrogen-bond donors (Lipinski definition) is 3. The van der Waals surface area contributed by atoms with Gasteiger partial charge in [-0.05, 0) is 35.9 Å². The number of anilines is 3. The molecule has 1 aromatic carbocycles. The molecule has 0 saturated carbocycles. The van der Waals surface area contributed by atoms with Crippen molar-refractivity contribution in [2.75, 3.05) is 10.6 Å². The maximum absolute atomic E-state index is 12.3. The zero-order valence-electron chi connectivity index (χ0n) is 12.7. The summed E-state index contributed by atoms with van der Waals surface area (Å²) >= 11 is 0. The summed E-state index contributed by atoms with van der Waals surface area (Å²) in [7, 11) is 0. The minimum absolute atomic E-state index is 0.0861. The van der Waals surface area contributed by atoms with Crippen molar-refractivity contribution in [3.63, 3.8) is 0 Å². The van der Waals surface area contributed by atoms with Gasteiger partial charge in [0.2, 0.25) is 5.95 Å². The summed E-state index contributed by atoms with van der Waals surface area (Å²) in [6, 6.07) is 12.1. The summed E-state index contributed by atoms with van der Waals surface area (Å²) in [4.78, 5) is 24.5. The smallest absolute Gasteiger partial charge is 0.274 e. The first-order valence-corrected chi connectivity index (χ1v) is 7.26. The SMILES string of the molecule is O=C(Nc1cccc(CO)c1)c1ccnc(Nc2ccncc2)n1. The summed E-state index contributed by atoms with van der Waals surface area (Å²) in [6.07, 6.45) is 4.80. The maximum atomic E-state index is 12.3. The number of nitrogens with zero attached hydrogens (tertiary/aromatic N) is 3. The van der Waals surface area contributed by atoms with Crippen molar-refractivity contribution in [2.45, 2.75) is 6.61 Å². The number of amides is 1. The van der Waals surface area contributed by atoms with Gasteiger partial charge in [0.1, 0.15) is 5.69 Å². The predicted octanol–water partition coefficient (Wildman–Crippen LogP) is 2.36. The van der Waals surface area contributed by atoms with Crippen LogP contribution in [0, 0.1) is 0 Å². The third-order valence-electron chi connectivity index (χ3n) is 3.19. The molecule has 2 aromatic heterocycles. The van der Waals surface area contributed by atoms with Crippen LogP contribution in [0.5, 0.6) is 0 Å². The maximum Gasteiger partial charge on any atom is 0.274 e. The van der Waals surface area contributed by atoms with Gasteiger partial charge < -0.3 is 15.7 Å². The molecule has 2 heterocycles. The lowest BCUT2D eigenvalue weighted by Crippen LogP contribution is -2.15. The Morgan fingerprint density at radius 2 is 1.88 bits per heavy atom. The van der Waals surface area contributed by atoms with Gasteiger partial charge in [0, 0.05) is 30.0 Å². The van der Waals surface area contributed by atoms with Gasteiger partial charge in [0.15, 0.2) is 0 Å². The van der Waals surface area contributed by atoms with Crippen LogP contribution < -0.4 is 10.6 Å². The molecule has 7 nitrogen and oxygen atoms in total. The summed E-state index contributed by atoms with van der Waals surface area (Å²) < 4.78 is 0. The molecule has 3 aromatic rings. The van der Waals surface area contributed by atoms with Crippen LogP contribution in [0.3, 0.4) is 0 Å². The van der Waals surface area contributed by atoms with Crippen molar-refractivity contribution in [1.29, 1.82) is 0 Å². The first kappa shape index (κ1) is 15.6.